The number of rotatable bonds is 4. The second-order valence-corrected chi connectivity index (χ2v) is 6.16. The van der Waals surface area contributed by atoms with Crippen LogP contribution < -0.4 is 25.6 Å². The van der Waals surface area contributed by atoms with Crippen molar-refractivity contribution in [2.24, 2.45) is 5.73 Å². The molecule has 3 aromatic rings. The number of methoxy groups -OCH3 is 2. The van der Waals surface area contributed by atoms with Gasteiger partial charge in [0, 0.05) is 5.56 Å². The molecular formula is C17H16N4O4S. The number of thiazole rings is 1. The number of hydrazine groups is 1. The van der Waals surface area contributed by atoms with Gasteiger partial charge in [-0.05, 0) is 36.4 Å². The number of nitrogens with two attached hydrogens (primary N) is 1. The Balaban J connectivity index is 1.89. The number of amides is 3. The molecule has 9 heteroatoms. The maximum absolute atomic E-state index is 12.4. The van der Waals surface area contributed by atoms with Crippen LogP contribution in [0.25, 0.3) is 10.2 Å². The predicted molar refractivity (Wildman–Crippen MR) is 98.7 cm³/mol. The Morgan fingerprint density at radius 2 is 1.85 bits per heavy atom. The normalized spacial score (nSPS) is 10.4. The number of benzene rings is 2. The fourth-order valence-electron chi connectivity index (χ4n) is 2.28. The van der Waals surface area contributed by atoms with Crippen LogP contribution in [0.1, 0.15) is 10.4 Å². The fraction of sp³-hybridized carbons (Fsp3) is 0.118. The largest absolute Gasteiger partial charge is 0.497 e. The van der Waals surface area contributed by atoms with E-state index < -0.39 is 11.9 Å². The lowest BCUT2D eigenvalue weighted by atomic mass is 10.2. The summed E-state index contributed by atoms with van der Waals surface area (Å²) in [5.74, 6) is 0.681. The van der Waals surface area contributed by atoms with Crippen molar-refractivity contribution < 1.29 is 19.1 Å². The summed E-state index contributed by atoms with van der Waals surface area (Å²) in [6.45, 7) is 0. The zero-order valence-electron chi connectivity index (χ0n) is 14.1. The molecule has 0 spiro atoms. The van der Waals surface area contributed by atoms with Gasteiger partial charge in [0.2, 0.25) is 5.13 Å². The number of carbonyl (C=O) groups excluding carboxylic acids is 2. The highest BCUT2D eigenvalue weighted by atomic mass is 32.1. The predicted octanol–water partition coefficient (Wildman–Crippen LogP) is 2.54. The van der Waals surface area contributed by atoms with Gasteiger partial charge >= 0.3 is 6.03 Å². The third kappa shape index (κ3) is 3.38. The van der Waals surface area contributed by atoms with Gasteiger partial charge in [-0.25, -0.2) is 9.78 Å². The molecule has 0 saturated heterocycles. The fourth-order valence-corrected chi connectivity index (χ4v) is 3.23. The number of hydrogen-bond donors (Lipinski definition) is 2. The van der Waals surface area contributed by atoms with Crippen LogP contribution in [0.3, 0.4) is 0 Å². The molecule has 0 aliphatic heterocycles. The van der Waals surface area contributed by atoms with E-state index in [9.17, 15) is 9.59 Å². The smallest absolute Gasteiger partial charge is 0.340 e. The van der Waals surface area contributed by atoms with E-state index in [2.05, 4.69) is 10.4 Å². The maximum Gasteiger partial charge on any atom is 0.340 e. The molecule has 3 rings (SSSR count). The quantitative estimate of drug-likeness (QED) is 0.685. The topological polar surface area (TPSA) is 107 Å². The van der Waals surface area contributed by atoms with E-state index in [0.29, 0.717) is 22.6 Å². The third-order valence-corrected chi connectivity index (χ3v) is 4.57. The second kappa shape index (κ2) is 7.28. The van der Waals surface area contributed by atoms with Crippen LogP contribution in [0.4, 0.5) is 9.93 Å². The summed E-state index contributed by atoms with van der Waals surface area (Å²) in [7, 11) is 3.07. The molecule has 0 aliphatic carbocycles. The first-order chi connectivity index (χ1) is 12.5. The lowest BCUT2D eigenvalue weighted by molar-refractivity contribution is 0.0951. The van der Waals surface area contributed by atoms with Gasteiger partial charge in [0.25, 0.3) is 5.91 Å². The van der Waals surface area contributed by atoms with E-state index in [0.717, 1.165) is 9.71 Å². The zero-order valence-corrected chi connectivity index (χ0v) is 14.9. The number of carbonyl (C=O) groups is 2. The SMILES string of the molecule is COc1ccc(C(=O)NN(C(N)=O)c2nc3c(OC)cccc3s2)cc1. The number of fused-ring (bicyclic) bond motifs is 1. The van der Waals surface area contributed by atoms with Gasteiger partial charge in [0.05, 0.1) is 18.9 Å². The van der Waals surface area contributed by atoms with Gasteiger partial charge in [0.1, 0.15) is 17.0 Å². The number of para-hydroxylation sites is 1. The first-order valence-electron chi connectivity index (χ1n) is 7.51. The highest BCUT2D eigenvalue weighted by Crippen LogP contribution is 2.33. The molecule has 0 bridgehead atoms. The van der Waals surface area contributed by atoms with E-state index in [1.165, 1.54) is 25.6 Å². The Morgan fingerprint density at radius 1 is 1.12 bits per heavy atom. The Labute approximate surface area is 153 Å². The number of urea groups is 1. The highest BCUT2D eigenvalue weighted by molar-refractivity contribution is 7.22. The van der Waals surface area contributed by atoms with Gasteiger partial charge in [-0.2, -0.15) is 5.01 Å². The van der Waals surface area contributed by atoms with Crippen molar-refractivity contribution >= 4 is 38.6 Å². The molecule has 2 aromatic carbocycles. The molecule has 0 radical (unpaired) electrons. The van der Waals surface area contributed by atoms with Crippen molar-refractivity contribution in [3.05, 3.63) is 48.0 Å². The minimum absolute atomic E-state index is 0.235. The molecule has 8 nitrogen and oxygen atoms in total. The summed E-state index contributed by atoms with van der Waals surface area (Å²) in [5, 5.41) is 1.15. The Bertz CT molecular complexity index is 955. The Morgan fingerprint density at radius 3 is 2.46 bits per heavy atom. The molecule has 0 saturated carbocycles. The van der Waals surface area contributed by atoms with Crippen LogP contribution in [0.5, 0.6) is 11.5 Å². The maximum atomic E-state index is 12.4. The lowest BCUT2D eigenvalue weighted by Gasteiger charge is -2.18. The van der Waals surface area contributed by atoms with Crippen LogP contribution in [0, 0.1) is 0 Å². The summed E-state index contributed by atoms with van der Waals surface area (Å²) in [6, 6.07) is 11.0. The molecule has 26 heavy (non-hydrogen) atoms. The van der Waals surface area contributed by atoms with Crippen LogP contribution in [-0.2, 0) is 0 Å². The number of aromatic nitrogens is 1. The number of anilines is 1. The first kappa shape index (κ1) is 17.5. The molecule has 3 N–H and O–H groups in total. The second-order valence-electron chi connectivity index (χ2n) is 5.15. The van der Waals surface area contributed by atoms with E-state index in [1.54, 1.807) is 30.3 Å². The molecule has 0 fully saturated rings. The van der Waals surface area contributed by atoms with Gasteiger partial charge < -0.3 is 15.2 Å². The zero-order chi connectivity index (χ0) is 18.7. The molecule has 0 atom stereocenters. The molecule has 134 valence electrons. The third-order valence-electron chi connectivity index (χ3n) is 3.57. The highest BCUT2D eigenvalue weighted by Gasteiger charge is 2.21. The molecule has 0 aliphatic rings. The van der Waals surface area contributed by atoms with E-state index in [4.69, 9.17) is 15.2 Å². The van der Waals surface area contributed by atoms with Crippen LogP contribution >= 0.6 is 11.3 Å². The van der Waals surface area contributed by atoms with E-state index in [-0.39, 0.29) is 5.13 Å². The number of hydrogen-bond acceptors (Lipinski definition) is 6. The van der Waals surface area contributed by atoms with E-state index >= 15 is 0 Å². The molecule has 1 aromatic heterocycles. The van der Waals surface area contributed by atoms with Crippen LogP contribution in [0.15, 0.2) is 42.5 Å². The minimum Gasteiger partial charge on any atom is -0.497 e. The number of nitrogens with one attached hydrogen (secondary N) is 1. The van der Waals surface area contributed by atoms with Crippen molar-refractivity contribution in [2.45, 2.75) is 0 Å². The van der Waals surface area contributed by atoms with Crippen molar-refractivity contribution in [2.75, 3.05) is 19.2 Å². The van der Waals surface area contributed by atoms with Crippen LogP contribution in [-0.4, -0.2) is 31.1 Å². The average Bonchev–Trinajstić information content (AvgIpc) is 3.09. The average molecular weight is 372 g/mol. The summed E-state index contributed by atoms with van der Waals surface area (Å²) in [5.41, 5.74) is 8.82. The molecule has 1 heterocycles. The Hall–Kier alpha value is -3.33. The van der Waals surface area contributed by atoms with Gasteiger partial charge in [-0.15, -0.1) is 0 Å². The van der Waals surface area contributed by atoms with Crippen molar-refractivity contribution in [3.63, 3.8) is 0 Å². The molecular weight excluding hydrogens is 356 g/mol. The minimum atomic E-state index is -0.857. The van der Waals surface area contributed by atoms with Crippen molar-refractivity contribution in [3.8, 4) is 11.5 Å². The van der Waals surface area contributed by atoms with Crippen molar-refractivity contribution in [1.82, 2.24) is 10.4 Å². The molecule has 0 unspecified atom stereocenters. The van der Waals surface area contributed by atoms with Gasteiger partial charge in [0.15, 0.2) is 0 Å². The summed E-state index contributed by atoms with van der Waals surface area (Å²) in [4.78, 5) is 28.6. The Kier molecular flexibility index (Phi) is 4.90. The van der Waals surface area contributed by atoms with Gasteiger partial charge in [-0.3, -0.25) is 10.2 Å². The lowest BCUT2D eigenvalue weighted by Crippen LogP contribution is -2.49. The summed E-state index contributed by atoms with van der Waals surface area (Å²) in [6.07, 6.45) is 0. The van der Waals surface area contributed by atoms with Crippen LogP contribution in [0.2, 0.25) is 0 Å². The van der Waals surface area contributed by atoms with Gasteiger partial charge in [-0.1, -0.05) is 17.4 Å². The molecule has 3 amide bonds. The monoisotopic (exact) mass is 372 g/mol. The number of nitrogens with zero attached hydrogens (tertiary/aromatic N) is 2. The summed E-state index contributed by atoms with van der Waals surface area (Å²) >= 11 is 1.21. The number of ether oxygens (including phenoxy) is 2. The number of primary amides is 1. The first-order valence-corrected chi connectivity index (χ1v) is 8.33. The standard InChI is InChI=1S/C17H16N4O4S/c1-24-11-8-6-10(7-9-11)15(22)20-21(16(18)23)17-19-14-12(25-2)4-3-5-13(14)26-17/h3-9H,1-2H3,(H2,18,23)(H,20,22). The van der Waals surface area contributed by atoms with E-state index in [1.807, 2.05) is 12.1 Å². The van der Waals surface area contributed by atoms with Crippen molar-refractivity contribution in [1.29, 1.82) is 0 Å². The summed E-state index contributed by atoms with van der Waals surface area (Å²) < 4.78 is 11.1.